The van der Waals surface area contributed by atoms with Crippen molar-refractivity contribution < 1.29 is 19.4 Å². The maximum absolute atomic E-state index is 12.0. The Morgan fingerprint density at radius 2 is 1.94 bits per heavy atom. The first kappa shape index (κ1) is 13.8. The maximum Gasteiger partial charge on any atom is 0.326 e. The first-order chi connectivity index (χ1) is 7.88. The Bertz CT molecular complexity index is 300. The summed E-state index contributed by atoms with van der Waals surface area (Å²) in [6.07, 6.45) is 0.0784. The molecule has 0 spiro atoms. The third-order valence-electron chi connectivity index (χ3n) is 3.06. The van der Waals surface area contributed by atoms with Crippen LogP contribution < -0.4 is 0 Å². The highest BCUT2D eigenvalue weighted by Crippen LogP contribution is 2.17. The molecule has 1 saturated heterocycles. The molecular formula is C11H20N2O4. The average molecular weight is 244 g/mol. The summed E-state index contributed by atoms with van der Waals surface area (Å²) in [5.41, 5.74) is 0. The number of carboxylic acids is 1. The molecule has 2 amide bonds. The van der Waals surface area contributed by atoms with E-state index in [2.05, 4.69) is 0 Å². The van der Waals surface area contributed by atoms with Gasteiger partial charge in [0.1, 0.15) is 6.04 Å². The number of amides is 2. The monoisotopic (exact) mass is 244 g/mol. The van der Waals surface area contributed by atoms with Gasteiger partial charge < -0.3 is 19.6 Å². The van der Waals surface area contributed by atoms with Crippen molar-refractivity contribution in [2.75, 3.05) is 27.2 Å². The molecule has 1 aliphatic rings. The highest BCUT2D eigenvalue weighted by atomic mass is 16.5. The zero-order chi connectivity index (χ0) is 13.2. The van der Waals surface area contributed by atoms with Crippen molar-refractivity contribution in [3.8, 4) is 0 Å². The zero-order valence-electron chi connectivity index (χ0n) is 10.7. The van der Waals surface area contributed by atoms with Crippen LogP contribution in [0.3, 0.4) is 0 Å². The molecule has 0 aliphatic carbocycles. The van der Waals surface area contributed by atoms with E-state index in [1.54, 1.807) is 25.9 Å². The highest BCUT2D eigenvalue weighted by Gasteiger charge is 2.37. The summed E-state index contributed by atoms with van der Waals surface area (Å²) in [6.45, 7) is 4.64. The minimum Gasteiger partial charge on any atom is -0.480 e. The van der Waals surface area contributed by atoms with E-state index in [0.29, 0.717) is 13.1 Å². The lowest BCUT2D eigenvalue weighted by atomic mass is 10.0. The van der Waals surface area contributed by atoms with Gasteiger partial charge in [0, 0.05) is 14.2 Å². The van der Waals surface area contributed by atoms with Crippen LogP contribution in [-0.4, -0.2) is 66.3 Å². The number of hydrogen-bond acceptors (Lipinski definition) is 3. The molecule has 0 saturated carbocycles. The molecule has 1 heterocycles. The van der Waals surface area contributed by atoms with Crippen LogP contribution in [-0.2, 0) is 9.53 Å². The van der Waals surface area contributed by atoms with E-state index in [1.165, 1.54) is 11.9 Å². The maximum atomic E-state index is 12.0. The van der Waals surface area contributed by atoms with Gasteiger partial charge in [-0.1, -0.05) is 13.8 Å². The summed E-state index contributed by atoms with van der Waals surface area (Å²) in [4.78, 5) is 25.9. The molecule has 1 fully saturated rings. The van der Waals surface area contributed by atoms with Crippen molar-refractivity contribution in [2.45, 2.75) is 26.0 Å². The van der Waals surface area contributed by atoms with Crippen LogP contribution in [0.5, 0.6) is 0 Å². The van der Waals surface area contributed by atoms with Gasteiger partial charge in [-0.15, -0.1) is 0 Å². The smallest absolute Gasteiger partial charge is 0.326 e. The van der Waals surface area contributed by atoms with Crippen LogP contribution in [0.15, 0.2) is 0 Å². The van der Waals surface area contributed by atoms with E-state index in [-0.39, 0.29) is 18.1 Å². The van der Waals surface area contributed by atoms with Crippen LogP contribution in [0.25, 0.3) is 0 Å². The van der Waals surface area contributed by atoms with Crippen molar-refractivity contribution in [2.24, 2.45) is 5.92 Å². The molecule has 0 bridgehead atoms. The van der Waals surface area contributed by atoms with Gasteiger partial charge in [0.25, 0.3) is 0 Å². The van der Waals surface area contributed by atoms with E-state index in [0.717, 1.165) is 0 Å². The summed E-state index contributed by atoms with van der Waals surface area (Å²) in [5.74, 6) is -1.10. The highest BCUT2D eigenvalue weighted by molar-refractivity contribution is 5.83. The largest absolute Gasteiger partial charge is 0.480 e. The SMILES string of the molecule is COC1CN(C(=O)N(C)C(C(=O)O)C(C)C)C1. The normalized spacial score (nSPS) is 17.8. The number of nitrogens with zero attached hydrogens (tertiary/aromatic N) is 2. The number of likely N-dealkylation sites (N-methyl/N-ethyl adjacent to an activating group) is 1. The van der Waals surface area contributed by atoms with Crippen molar-refractivity contribution in [3.05, 3.63) is 0 Å². The molecule has 98 valence electrons. The number of likely N-dealkylation sites (tertiary alicyclic amines) is 1. The number of hydrogen-bond donors (Lipinski definition) is 1. The van der Waals surface area contributed by atoms with Crippen LogP contribution in [0.2, 0.25) is 0 Å². The minimum atomic E-state index is -0.973. The Kier molecular flexibility index (Phi) is 4.34. The number of carbonyl (C=O) groups excluding carboxylic acids is 1. The second-order valence-corrected chi connectivity index (χ2v) is 4.68. The van der Waals surface area contributed by atoms with E-state index >= 15 is 0 Å². The molecule has 1 unspecified atom stereocenters. The molecule has 1 aliphatic heterocycles. The van der Waals surface area contributed by atoms with Crippen molar-refractivity contribution >= 4 is 12.0 Å². The van der Waals surface area contributed by atoms with E-state index < -0.39 is 12.0 Å². The fourth-order valence-corrected chi connectivity index (χ4v) is 1.98. The van der Waals surface area contributed by atoms with Crippen molar-refractivity contribution in [1.29, 1.82) is 0 Å². The summed E-state index contributed by atoms with van der Waals surface area (Å²) < 4.78 is 5.07. The molecular weight excluding hydrogens is 224 g/mol. The van der Waals surface area contributed by atoms with Crippen molar-refractivity contribution in [3.63, 3.8) is 0 Å². The van der Waals surface area contributed by atoms with Gasteiger partial charge >= 0.3 is 12.0 Å². The standard InChI is InChI=1S/C11H20N2O4/c1-7(2)9(10(14)15)12(3)11(16)13-5-8(6-13)17-4/h7-9H,5-6H2,1-4H3,(H,14,15). The topological polar surface area (TPSA) is 70.1 Å². The lowest BCUT2D eigenvalue weighted by Gasteiger charge is -2.41. The second kappa shape index (κ2) is 5.35. The van der Waals surface area contributed by atoms with Gasteiger partial charge in [0.2, 0.25) is 0 Å². The summed E-state index contributed by atoms with van der Waals surface area (Å²) in [7, 11) is 3.13. The van der Waals surface area contributed by atoms with Crippen LogP contribution in [0, 0.1) is 5.92 Å². The number of urea groups is 1. The van der Waals surface area contributed by atoms with Gasteiger partial charge in [0.05, 0.1) is 19.2 Å². The van der Waals surface area contributed by atoms with Gasteiger partial charge in [-0.2, -0.15) is 0 Å². The van der Waals surface area contributed by atoms with E-state index in [1.807, 2.05) is 0 Å². The Morgan fingerprint density at radius 3 is 2.29 bits per heavy atom. The molecule has 0 radical (unpaired) electrons. The Balaban J connectivity index is 2.59. The van der Waals surface area contributed by atoms with E-state index in [9.17, 15) is 9.59 Å². The molecule has 1 rings (SSSR count). The first-order valence-electron chi connectivity index (χ1n) is 5.65. The first-order valence-corrected chi connectivity index (χ1v) is 5.65. The summed E-state index contributed by atoms with van der Waals surface area (Å²) >= 11 is 0. The number of carboxylic acid groups (broad SMARTS) is 1. The Morgan fingerprint density at radius 1 is 1.41 bits per heavy atom. The predicted molar refractivity (Wildman–Crippen MR) is 61.8 cm³/mol. The van der Waals surface area contributed by atoms with Crippen LogP contribution in [0.1, 0.15) is 13.8 Å². The molecule has 17 heavy (non-hydrogen) atoms. The number of aliphatic carboxylic acids is 1. The minimum absolute atomic E-state index is 0.0784. The third kappa shape index (κ3) is 2.88. The molecule has 1 N–H and O–H groups in total. The quantitative estimate of drug-likeness (QED) is 0.780. The van der Waals surface area contributed by atoms with Gasteiger partial charge in [-0.3, -0.25) is 0 Å². The average Bonchev–Trinajstić information content (AvgIpc) is 2.14. The third-order valence-corrected chi connectivity index (χ3v) is 3.06. The molecule has 0 aromatic carbocycles. The molecule has 0 aromatic rings. The Labute approximate surface area is 101 Å². The van der Waals surface area contributed by atoms with Crippen LogP contribution >= 0.6 is 0 Å². The predicted octanol–water partition coefficient (Wildman–Crippen LogP) is 0.478. The molecule has 1 atom stereocenters. The Hall–Kier alpha value is -1.30. The van der Waals surface area contributed by atoms with Gasteiger partial charge in [-0.05, 0) is 5.92 Å². The van der Waals surface area contributed by atoms with Crippen molar-refractivity contribution in [1.82, 2.24) is 9.80 Å². The lowest BCUT2D eigenvalue weighted by molar-refractivity contribution is -0.143. The molecule has 6 heteroatoms. The molecule has 6 nitrogen and oxygen atoms in total. The number of methoxy groups -OCH3 is 1. The number of ether oxygens (including phenoxy) is 1. The molecule has 0 aromatic heterocycles. The van der Waals surface area contributed by atoms with E-state index in [4.69, 9.17) is 9.84 Å². The van der Waals surface area contributed by atoms with Gasteiger partial charge in [0.15, 0.2) is 0 Å². The summed E-state index contributed by atoms with van der Waals surface area (Å²) in [5, 5.41) is 9.10. The lowest BCUT2D eigenvalue weighted by Crippen LogP contribution is -2.60. The number of carbonyl (C=O) groups is 2. The zero-order valence-corrected chi connectivity index (χ0v) is 10.7. The number of rotatable bonds is 4. The fraction of sp³-hybridized carbons (Fsp3) is 0.818. The van der Waals surface area contributed by atoms with Crippen LogP contribution in [0.4, 0.5) is 4.79 Å². The second-order valence-electron chi connectivity index (χ2n) is 4.68. The fourth-order valence-electron chi connectivity index (χ4n) is 1.98. The summed E-state index contributed by atoms with van der Waals surface area (Å²) in [6, 6.07) is -1.04. The van der Waals surface area contributed by atoms with Gasteiger partial charge in [-0.25, -0.2) is 9.59 Å².